The van der Waals surface area contributed by atoms with E-state index >= 15 is 0 Å². The van der Waals surface area contributed by atoms with Gasteiger partial charge in [0, 0.05) is 36.5 Å². The van der Waals surface area contributed by atoms with Crippen molar-refractivity contribution in [2.24, 2.45) is 7.05 Å². The molecule has 6 heteroatoms. The van der Waals surface area contributed by atoms with E-state index in [2.05, 4.69) is 10.4 Å². The van der Waals surface area contributed by atoms with Gasteiger partial charge in [0.25, 0.3) is 5.91 Å². The van der Waals surface area contributed by atoms with Gasteiger partial charge in [0.2, 0.25) is 0 Å². The zero-order chi connectivity index (χ0) is 23.4. The molecule has 0 aliphatic heterocycles. The second-order valence-corrected chi connectivity index (χ2v) is 7.94. The number of carbonyl (C=O) groups excluding carboxylic acids is 2. The van der Waals surface area contributed by atoms with Crippen LogP contribution >= 0.6 is 0 Å². The summed E-state index contributed by atoms with van der Waals surface area (Å²) < 4.78 is 7.22. The topological polar surface area (TPSA) is 73.2 Å². The van der Waals surface area contributed by atoms with Crippen LogP contribution in [-0.2, 0) is 13.5 Å². The summed E-state index contributed by atoms with van der Waals surface area (Å²) >= 11 is 0. The minimum atomic E-state index is -0.166. The normalized spacial score (nSPS) is 10.6. The summed E-state index contributed by atoms with van der Waals surface area (Å²) in [5, 5.41) is 7.08. The first-order chi connectivity index (χ1) is 15.9. The SMILES string of the molecule is COc1cc(-c2cnn(C)c2)ccc1C(=O)Cc1ccc(NC(=O)c2cccc(C)c2)cc1. The lowest BCUT2D eigenvalue weighted by Crippen LogP contribution is -2.12. The van der Waals surface area contributed by atoms with Crippen molar-refractivity contribution in [2.45, 2.75) is 13.3 Å². The van der Waals surface area contributed by atoms with Gasteiger partial charge in [-0.3, -0.25) is 14.3 Å². The molecule has 0 saturated carbocycles. The maximum atomic E-state index is 13.0. The Morgan fingerprint density at radius 3 is 2.45 bits per heavy atom. The molecular formula is C27H25N3O3. The fourth-order valence-electron chi connectivity index (χ4n) is 3.65. The molecule has 0 bridgehead atoms. The van der Waals surface area contributed by atoms with Crippen molar-refractivity contribution in [3.8, 4) is 16.9 Å². The number of carbonyl (C=O) groups is 2. The Kier molecular flexibility index (Phi) is 6.36. The summed E-state index contributed by atoms with van der Waals surface area (Å²) in [6.45, 7) is 1.95. The number of hydrogen-bond acceptors (Lipinski definition) is 4. The molecule has 1 heterocycles. The van der Waals surface area contributed by atoms with Gasteiger partial charge >= 0.3 is 0 Å². The predicted octanol–water partition coefficient (Wildman–Crippen LogP) is 5.08. The van der Waals surface area contributed by atoms with Crippen LogP contribution in [-0.4, -0.2) is 28.6 Å². The maximum Gasteiger partial charge on any atom is 0.255 e. The highest BCUT2D eigenvalue weighted by molar-refractivity contribution is 6.04. The molecular weight excluding hydrogens is 414 g/mol. The van der Waals surface area contributed by atoms with E-state index in [0.29, 0.717) is 22.6 Å². The minimum Gasteiger partial charge on any atom is -0.496 e. The number of aryl methyl sites for hydroxylation is 2. The summed E-state index contributed by atoms with van der Waals surface area (Å²) in [5.74, 6) is 0.325. The number of benzene rings is 3. The Labute approximate surface area is 192 Å². The molecule has 166 valence electrons. The van der Waals surface area contributed by atoms with Crippen LogP contribution in [0.5, 0.6) is 5.75 Å². The lowest BCUT2D eigenvalue weighted by atomic mass is 9.99. The third kappa shape index (κ3) is 5.18. The van der Waals surface area contributed by atoms with Crippen molar-refractivity contribution in [3.05, 3.63) is 101 Å². The van der Waals surface area contributed by atoms with Crippen molar-refractivity contribution < 1.29 is 14.3 Å². The number of rotatable bonds is 7. The second-order valence-electron chi connectivity index (χ2n) is 7.94. The fraction of sp³-hybridized carbons (Fsp3) is 0.148. The summed E-state index contributed by atoms with van der Waals surface area (Å²) in [6, 6.07) is 20.3. The number of methoxy groups -OCH3 is 1. The quantitative estimate of drug-likeness (QED) is 0.408. The molecule has 1 amide bonds. The third-order valence-corrected chi connectivity index (χ3v) is 5.40. The summed E-state index contributed by atoms with van der Waals surface area (Å²) in [4.78, 5) is 25.4. The molecule has 33 heavy (non-hydrogen) atoms. The van der Waals surface area contributed by atoms with E-state index in [9.17, 15) is 9.59 Å². The molecule has 6 nitrogen and oxygen atoms in total. The molecule has 4 rings (SSSR count). The molecule has 0 spiro atoms. The van der Waals surface area contributed by atoms with Crippen LogP contribution in [0.15, 0.2) is 79.1 Å². The molecule has 1 N–H and O–H groups in total. The van der Waals surface area contributed by atoms with Crippen LogP contribution in [0.1, 0.15) is 31.8 Å². The standard InChI is InChI=1S/C27H25N3O3/c1-18-5-4-6-21(13-18)27(32)29-23-10-7-19(8-11-23)14-25(31)24-12-9-20(15-26(24)33-3)22-16-28-30(2)17-22/h4-13,15-17H,14H2,1-3H3,(H,29,32). The van der Waals surface area contributed by atoms with Gasteiger partial charge in [-0.05, 0) is 54.4 Å². The monoisotopic (exact) mass is 439 g/mol. The molecule has 0 fully saturated rings. The van der Waals surface area contributed by atoms with E-state index in [-0.39, 0.29) is 18.1 Å². The summed E-state index contributed by atoms with van der Waals surface area (Å²) in [6.07, 6.45) is 3.92. The fourth-order valence-corrected chi connectivity index (χ4v) is 3.65. The van der Waals surface area contributed by atoms with Gasteiger partial charge < -0.3 is 10.1 Å². The first-order valence-corrected chi connectivity index (χ1v) is 10.6. The number of hydrogen-bond donors (Lipinski definition) is 1. The van der Waals surface area contributed by atoms with Gasteiger partial charge in [0.15, 0.2) is 5.78 Å². The number of nitrogens with one attached hydrogen (secondary N) is 1. The van der Waals surface area contributed by atoms with Crippen molar-refractivity contribution in [3.63, 3.8) is 0 Å². The zero-order valence-electron chi connectivity index (χ0n) is 18.8. The molecule has 1 aromatic heterocycles. The van der Waals surface area contributed by atoms with E-state index in [1.54, 1.807) is 42.3 Å². The van der Waals surface area contributed by atoms with Crippen LogP contribution < -0.4 is 10.1 Å². The van der Waals surface area contributed by atoms with Crippen molar-refractivity contribution in [2.75, 3.05) is 12.4 Å². The third-order valence-electron chi connectivity index (χ3n) is 5.40. The van der Waals surface area contributed by atoms with Crippen LogP contribution in [0.25, 0.3) is 11.1 Å². The van der Waals surface area contributed by atoms with Crippen molar-refractivity contribution in [1.29, 1.82) is 0 Å². The highest BCUT2D eigenvalue weighted by atomic mass is 16.5. The number of amides is 1. The molecule has 0 saturated heterocycles. The van der Waals surface area contributed by atoms with Gasteiger partial charge in [-0.15, -0.1) is 0 Å². The summed E-state index contributed by atoms with van der Waals surface area (Å²) in [5.41, 5.74) is 5.59. The number of Topliss-reactive ketones (excluding diaryl/α,β-unsaturated/α-hetero) is 1. The van der Waals surface area contributed by atoms with Gasteiger partial charge in [-0.1, -0.05) is 35.9 Å². The Balaban J connectivity index is 1.44. The average Bonchev–Trinajstić information content (AvgIpc) is 3.26. The molecule has 0 aliphatic rings. The Bertz CT molecular complexity index is 1310. The molecule has 3 aromatic carbocycles. The van der Waals surface area contributed by atoms with E-state index < -0.39 is 0 Å². The smallest absolute Gasteiger partial charge is 0.255 e. The molecule has 4 aromatic rings. The Morgan fingerprint density at radius 1 is 1.00 bits per heavy atom. The molecule has 0 aliphatic carbocycles. The van der Waals surface area contributed by atoms with Crippen LogP contribution in [0, 0.1) is 6.92 Å². The molecule has 0 atom stereocenters. The first kappa shape index (κ1) is 22.0. The minimum absolute atomic E-state index is 0.0406. The van der Waals surface area contributed by atoms with Crippen molar-refractivity contribution >= 4 is 17.4 Å². The summed E-state index contributed by atoms with van der Waals surface area (Å²) in [7, 11) is 3.42. The van der Waals surface area contributed by atoms with Gasteiger partial charge in [0.1, 0.15) is 5.75 Å². The van der Waals surface area contributed by atoms with E-state index in [0.717, 1.165) is 22.3 Å². The van der Waals surface area contributed by atoms with Crippen LogP contribution in [0.3, 0.4) is 0 Å². The van der Waals surface area contributed by atoms with Crippen LogP contribution in [0.4, 0.5) is 5.69 Å². The predicted molar refractivity (Wildman–Crippen MR) is 129 cm³/mol. The highest BCUT2D eigenvalue weighted by Crippen LogP contribution is 2.28. The maximum absolute atomic E-state index is 13.0. The lowest BCUT2D eigenvalue weighted by molar-refractivity contribution is 0.0988. The largest absolute Gasteiger partial charge is 0.496 e. The van der Waals surface area contributed by atoms with Crippen LogP contribution in [0.2, 0.25) is 0 Å². The van der Waals surface area contributed by atoms with Gasteiger partial charge in [0.05, 0.1) is 18.9 Å². The average molecular weight is 440 g/mol. The Morgan fingerprint density at radius 2 is 1.79 bits per heavy atom. The number of anilines is 1. The van der Waals surface area contributed by atoms with Crippen molar-refractivity contribution in [1.82, 2.24) is 9.78 Å². The number of ether oxygens (including phenoxy) is 1. The van der Waals surface area contributed by atoms with Gasteiger partial charge in [-0.25, -0.2) is 0 Å². The van der Waals surface area contributed by atoms with E-state index in [4.69, 9.17) is 4.74 Å². The first-order valence-electron chi connectivity index (χ1n) is 10.6. The lowest BCUT2D eigenvalue weighted by Gasteiger charge is -2.10. The zero-order valence-corrected chi connectivity index (χ0v) is 18.8. The number of ketones is 1. The van der Waals surface area contributed by atoms with Gasteiger partial charge in [-0.2, -0.15) is 5.10 Å². The Hall–Kier alpha value is -4.19. The highest BCUT2D eigenvalue weighted by Gasteiger charge is 2.15. The van der Waals surface area contributed by atoms with E-state index in [1.807, 2.05) is 62.6 Å². The number of aromatic nitrogens is 2. The molecule has 0 unspecified atom stereocenters. The molecule has 0 radical (unpaired) electrons. The van der Waals surface area contributed by atoms with E-state index in [1.165, 1.54) is 0 Å². The second kappa shape index (κ2) is 9.53. The number of nitrogens with zero attached hydrogens (tertiary/aromatic N) is 2.